The van der Waals surface area contributed by atoms with Gasteiger partial charge in [0.05, 0.1) is 11.2 Å². The summed E-state index contributed by atoms with van der Waals surface area (Å²) in [6.45, 7) is 2.88. The van der Waals surface area contributed by atoms with Crippen molar-refractivity contribution >= 4 is 22.3 Å². The van der Waals surface area contributed by atoms with Gasteiger partial charge in [-0.25, -0.2) is 5.14 Å². The Morgan fingerprint density at radius 2 is 2.21 bits per heavy atom. The number of rotatable bonds is 9. The van der Waals surface area contributed by atoms with Gasteiger partial charge in [0.1, 0.15) is 24.0 Å². The molecule has 0 unspecified atom stereocenters. The van der Waals surface area contributed by atoms with Crippen LogP contribution in [0.1, 0.15) is 31.7 Å². The molecule has 0 atom stereocenters. The summed E-state index contributed by atoms with van der Waals surface area (Å²) in [6.07, 6.45) is 3.34. The van der Waals surface area contributed by atoms with Crippen molar-refractivity contribution in [3.63, 3.8) is 0 Å². The van der Waals surface area contributed by atoms with Crippen LogP contribution in [0.2, 0.25) is 0 Å². The van der Waals surface area contributed by atoms with E-state index in [0.29, 0.717) is 6.54 Å². The Morgan fingerprint density at radius 3 is 2.71 bits per heavy atom. The zero-order valence-corrected chi connectivity index (χ0v) is 14.2. The lowest BCUT2D eigenvalue weighted by Gasteiger charge is -2.28. The average Bonchev–Trinajstić information content (AvgIpc) is 3.30. The number of nitrogens with zero attached hydrogens (tertiary/aromatic N) is 2. The Bertz CT molecular complexity index is 753. The van der Waals surface area contributed by atoms with Gasteiger partial charge in [0.15, 0.2) is 0 Å². The zero-order chi connectivity index (χ0) is 17.8. The second-order valence-electron chi connectivity index (χ2n) is 5.75. The van der Waals surface area contributed by atoms with Gasteiger partial charge >= 0.3 is 0 Å². The number of nitrogens with two attached hydrogens (primary N) is 1. The number of hydrogen-bond acceptors (Lipinski definition) is 5. The first-order chi connectivity index (χ1) is 11.3. The Balaban J connectivity index is 2.17. The first-order valence-corrected chi connectivity index (χ1v) is 9.08. The highest BCUT2D eigenvalue weighted by Gasteiger charge is 2.48. The molecular formula is C15H20N4O4S. The number of benzene rings is 1. The van der Waals surface area contributed by atoms with Gasteiger partial charge in [0.2, 0.25) is 6.41 Å². The van der Waals surface area contributed by atoms with Crippen LogP contribution in [0.25, 0.3) is 0 Å². The summed E-state index contributed by atoms with van der Waals surface area (Å²) in [5.41, 5.74) is -0.230. The van der Waals surface area contributed by atoms with Crippen molar-refractivity contribution in [1.29, 1.82) is 5.26 Å². The van der Waals surface area contributed by atoms with Gasteiger partial charge in [-0.2, -0.15) is 13.7 Å². The van der Waals surface area contributed by atoms with E-state index in [1.807, 2.05) is 13.0 Å². The van der Waals surface area contributed by atoms with Crippen LogP contribution in [-0.4, -0.2) is 38.4 Å². The molecule has 130 valence electrons. The monoisotopic (exact) mass is 352 g/mol. The number of amides is 1. The zero-order valence-electron chi connectivity index (χ0n) is 13.4. The molecule has 0 aliphatic heterocycles. The molecule has 1 fully saturated rings. The van der Waals surface area contributed by atoms with E-state index >= 15 is 0 Å². The number of carbonyl (C=O) groups excluding carboxylic acids is 1. The predicted octanol–water partition coefficient (Wildman–Crippen LogP) is 0.953. The summed E-state index contributed by atoms with van der Waals surface area (Å²) >= 11 is 0. The second-order valence-corrected chi connectivity index (χ2v) is 7.04. The summed E-state index contributed by atoms with van der Waals surface area (Å²) in [5, 5.41) is 14.3. The Kier molecular flexibility index (Phi) is 5.31. The van der Waals surface area contributed by atoms with E-state index in [1.54, 1.807) is 17.0 Å². The van der Waals surface area contributed by atoms with E-state index in [-0.39, 0.29) is 29.1 Å². The lowest BCUT2D eigenvalue weighted by atomic mass is 10.1. The maximum absolute atomic E-state index is 11.3. The van der Waals surface area contributed by atoms with Crippen LogP contribution in [0.4, 0.5) is 5.69 Å². The van der Waals surface area contributed by atoms with Crippen molar-refractivity contribution < 1.29 is 17.9 Å². The van der Waals surface area contributed by atoms with Gasteiger partial charge in [-0.15, -0.1) is 0 Å². The van der Waals surface area contributed by atoms with E-state index in [1.165, 1.54) is 6.07 Å². The molecule has 1 aromatic carbocycles. The molecule has 3 N–H and O–H groups in total. The molecular weight excluding hydrogens is 332 g/mol. The summed E-state index contributed by atoms with van der Waals surface area (Å²) in [5.74, 6) is 0.250. The van der Waals surface area contributed by atoms with Crippen molar-refractivity contribution in [2.45, 2.75) is 31.7 Å². The van der Waals surface area contributed by atoms with Crippen molar-refractivity contribution in [2.75, 3.05) is 17.9 Å². The lowest BCUT2D eigenvalue weighted by molar-refractivity contribution is -0.121. The molecule has 1 saturated carbocycles. The molecule has 0 radical (unpaired) electrons. The quantitative estimate of drug-likeness (QED) is 0.640. The highest BCUT2D eigenvalue weighted by atomic mass is 32.2. The van der Waals surface area contributed by atoms with Gasteiger partial charge < -0.3 is 9.64 Å². The van der Waals surface area contributed by atoms with Crippen molar-refractivity contribution in [3.05, 3.63) is 23.8 Å². The van der Waals surface area contributed by atoms with Crippen LogP contribution < -0.4 is 14.6 Å². The van der Waals surface area contributed by atoms with Crippen LogP contribution in [0.15, 0.2) is 18.2 Å². The molecule has 1 amide bonds. The number of hydrogen-bond donors (Lipinski definition) is 2. The third-order valence-corrected chi connectivity index (χ3v) is 4.42. The fraction of sp³-hybridized carbons (Fsp3) is 0.467. The van der Waals surface area contributed by atoms with E-state index in [9.17, 15) is 18.5 Å². The number of nitrogens with one attached hydrogen (secondary N) is 1. The normalized spacial score (nSPS) is 15.2. The van der Waals surface area contributed by atoms with E-state index in [2.05, 4.69) is 4.72 Å². The molecule has 0 heterocycles. The number of carbonyl (C=O) groups is 1. The Labute approximate surface area is 141 Å². The van der Waals surface area contributed by atoms with Gasteiger partial charge in [0, 0.05) is 6.54 Å². The summed E-state index contributed by atoms with van der Waals surface area (Å²) < 4.78 is 30.2. The molecule has 24 heavy (non-hydrogen) atoms. The fourth-order valence-corrected chi connectivity index (χ4v) is 3.00. The first-order valence-electron chi connectivity index (χ1n) is 7.54. The maximum atomic E-state index is 11.3. The second kappa shape index (κ2) is 7.07. The molecule has 1 aromatic rings. The highest BCUT2D eigenvalue weighted by Crippen LogP contribution is 2.42. The standard InChI is InChI=1S/C15H20N4O4S/c1-2-8-19(11-20)15(6-7-15)10-23-14-5-3-4-13(12(14)9-16)18-24(17,21)22/h3-5,11,18H,2,6-8,10H2,1H3,(H2,17,21,22). The van der Waals surface area contributed by atoms with Crippen molar-refractivity contribution in [2.24, 2.45) is 5.14 Å². The maximum Gasteiger partial charge on any atom is 0.296 e. The fourth-order valence-electron chi connectivity index (χ4n) is 2.52. The van der Waals surface area contributed by atoms with E-state index in [4.69, 9.17) is 9.88 Å². The molecule has 0 spiro atoms. The van der Waals surface area contributed by atoms with Gasteiger partial charge in [-0.05, 0) is 31.4 Å². The smallest absolute Gasteiger partial charge is 0.296 e. The molecule has 8 nitrogen and oxygen atoms in total. The third kappa shape index (κ3) is 4.15. The molecule has 1 aliphatic carbocycles. The van der Waals surface area contributed by atoms with Gasteiger partial charge in [-0.1, -0.05) is 13.0 Å². The Hall–Kier alpha value is -2.31. The predicted molar refractivity (Wildman–Crippen MR) is 88.4 cm³/mol. The topological polar surface area (TPSA) is 126 Å². The Morgan fingerprint density at radius 1 is 1.50 bits per heavy atom. The average molecular weight is 352 g/mol. The number of nitriles is 1. The highest BCUT2D eigenvalue weighted by molar-refractivity contribution is 7.90. The first kappa shape index (κ1) is 18.0. The van der Waals surface area contributed by atoms with Crippen LogP contribution in [0.3, 0.4) is 0 Å². The molecule has 2 rings (SSSR count). The van der Waals surface area contributed by atoms with E-state index in [0.717, 1.165) is 25.7 Å². The van der Waals surface area contributed by atoms with Crippen molar-refractivity contribution in [3.8, 4) is 11.8 Å². The minimum atomic E-state index is -3.99. The third-order valence-electron chi connectivity index (χ3n) is 3.91. The summed E-state index contributed by atoms with van der Waals surface area (Å²) in [7, 11) is -3.99. The van der Waals surface area contributed by atoms with Crippen LogP contribution in [0, 0.1) is 11.3 Å². The molecule has 1 aliphatic rings. The molecule has 0 saturated heterocycles. The molecule has 0 aromatic heterocycles. The minimum absolute atomic E-state index is 0.0514. The summed E-state index contributed by atoms with van der Waals surface area (Å²) in [4.78, 5) is 13.0. The molecule has 0 bridgehead atoms. The van der Waals surface area contributed by atoms with Gasteiger partial charge in [-0.3, -0.25) is 9.52 Å². The number of anilines is 1. The number of ether oxygens (including phenoxy) is 1. The van der Waals surface area contributed by atoms with Crippen LogP contribution in [0.5, 0.6) is 5.75 Å². The van der Waals surface area contributed by atoms with Crippen molar-refractivity contribution in [1.82, 2.24) is 4.90 Å². The summed E-state index contributed by atoms with van der Waals surface area (Å²) in [6, 6.07) is 6.49. The van der Waals surface area contributed by atoms with Crippen LogP contribution >= 0.6 is 0 Å². The SMILES string of the molecule is CCCN(C=O)C1(COc2cccc(NS(N)(=O)=O)c2C#N)CC1. The largest absolute Gasteiger partial charge is 0.490 e. The van der Waals surface area contributed by atoms with Crippen LogP contribution in [-0.2, 0) is 15.0 Å². The minimum Gasteiger partial charge on any atom is -0.490 e. The van der Waals surface area contributed by atoms with Gasteiger partial charge in [0.25, 0.3) is 10.2 Å². The molecule has 9 heteroatoms. The lowest BCUT2D eigenvalue weighted by Crippen LogP contribution is -2.41. The van der Waals surface area contributed by atoms with E-state index < -0.39 is 10.2 Å².